The number of benzene rings is 2. The Morgan fingerprint density at radius 3 is 2.29 bits per heavy atom. The molecule has 0 amide bonds. The van der Waals surface area contributed by atoms with Crippen molar-refractivity contribution in [1.82, 2.24) is 0 Å². The molecule has 0 atom stereocenters. The van der Waals surface area contributed by atoms with E-state index in [1.54, 1.807) is 6.07 Å². The molecule has 0 aliphatic rings. The number of hydrogen-bond donors (Lipinski definition) is 0. The monoisotopic (exact) mass is 363 g/mol. The molecule has 0 aromatic heterocycles. The zero-order valence-electron chi connectivity index (χ0n) is 7.25. The first-order valence-electron chi connectivity index (χ1n) is 4.00. The van der Waals surface area contributed by atoms with E-state index in [4.69, 9.17) is 0 Å². The van der Waals surface area contributed by atoms with Gasteiger partial charge < -0.3 is 0 Å². The van der Waals surface area contributed by atoms with Crippen LogP contribution < -0.4 is 0 Å². The van der Waals surface area contributed by atoms with Crippen molar-refractivity contribution in [3.05, 3.63) is 60.4 Å². The van der Waals surface area contributed by atoms with E-state index >= 15 is 0 Å². The zero-order valence-corrected chi connectivity index (χ0v) is 9.65. The predicted octanol–water partition coefficient (Wildman–Crippen LogP) is 3.09. The molecule has 2 rings (SSSR count). The number of rotatable bonds is 1. The molecule has 1 radical (unpaired) electrons. The van der Waals surface area contributed by atoms with Crippen molar-refractivity contribution in [2.45, 2.75) is 0 Å². The van der Waals surface area contributed by atoms with Gasteiger partial charge in [0.15, 0.2) is 0 Å². The Morgan fingerprint density at radius 2 is 1.71 bits per heavy atom. The smallest absolute Gasteiger partial charge is 0.0364 e. The standard InChI is InChI=1S/C12H7F.Ir/c13-12-8-6-11(7-9-12)10-4-2-1-3-5-10;/h1-4,6,8-9H;/q-2;. The average Bonchev–Trinajstić information content (AvgIpc) is 2.20. The molecule has 73 valence electrons. The second-order valence-electron chi connectivity index (χ2n) is 2.70. The molecule has 0 aliphatic heterocycles. The molecule has 2 heteroatoms. The molecule has 0 saturated heterocycles. The van der Waals surface area contributed by atoms with Crippen LogP contribution in [0.3, 0.4) is 0 Å². The summed E-state index contributed by atoms with van der Waals surface area (Å²) in [5, 5.41) is 0. The van der Waals surface area contributed by atoms with Crippen LogP contribution in [-0.4, -0.2) is 0 Å². The molecule has 0 saturated carbocycles. The number of hydrogen-bond acceptors (Lipinski definition) is 0. The molecule has 0 unspecified atom stereocenters. The number of halogens is 1. The average molecular weight is 362 g/mol. The third-order valence-electron chi connectivity index (χ3n) is 1.77. The summed E-state index contributed by atoms with van der Waals surface area (Å²) >= 11 is 0. The van der Waals surface area contributed by atoms with Crippen molar-refractivity contribution < 1.29 is 24.5 Å². The van der Waals surface area contributed by atoms with Gasteiger partial charge in [-0.15, -0.1) is 18.2 Å². The van der Waals surface area contributed by atoms with E-state index in [1.165, 1.54) is 12.1 Å². The molecule has 0 heterocycles. The van der Waals surface area contributed by atoms with Gasteiger partial charge in [-0.25, -0.2) is 11.1 Å². The second kappa shape index (κ2) is 5.04. The first kappa shape index (κ1) is 11.1. The molecular weight excluding hydrogens is 355 g/mol. The minimum atomic E-state index is -0.264. The second-order valence-corrected chi connectivity index (χ2v) is 2.70. The van der Waals surface area contributed by atoms with Crippen LogP contribution >= 0.6 is 0 Å². The van der Waals surface area contributed by atoms with Crippen molar-refractivity contribution >= 4 is 0 Å². The van der Waals surface area contributed by atoms with Gasteiger partial charge in [0, 0.05) is 25.9 Å². The fourth-order valence-electron chi connectivity index (χ4n) is 1.13. The minimum absolute atomic E-state index is 0. The van der Waals surface area contributed by atoms with Crippen molar-refractivity contribution in [2.75, 3.05) is 0 Å². The topological polar surface area (TPSA) is 0 Å². The molecule has 14 heavy (non-hydrogen) atoms. The van der Waals surface area contributed by atoms with E-state index in [1.807, 2.05) is 24.3 Å². The van der Waals surface area contributed by atoms with Crippen molar-refractivity contribution in [3.63, 3.8) is 0 Å². The Bertz CT molecular complexity index is 381. The van der Waals surface area contributed by atoms with Crippen LogP contribution in [0.5, 0.6) is 0 Å². The van der Waals surface area contributed by atoms with Crippen LogP contribution in [0.25, 0.3) is 11.1 Å². The summed E-state index contributed by atoms with van der Waals surface area (Å²) in [4.78, 5) is 0. The van der Waals surface area contributed by atoms with E-state index < -0.39 is 0 Å². The van der Waals surface area contributed by atoms with Gasteiger partial charge in [0.1, 0.15) is 0 Å². The van der Waals surface area contributed by atoms with Gasteiger partial charge >= 0.3 is 0 Å². The van der Waals surface area contributed by atoms with Crippen LogP contribution in [0.1, 0.15) is 0 Å². The van der Waals surface area contributed by atoms with Gasteiger partial charge in [-0.2, -0.15) is 36.4 Å². The summed E-state index contributed by atoms with van der Waals surface area (Å²) in [5.41, 5.74) is 1.80. The summed E-state index contributed by atoms with van der Waals surface area (Å²) in [6, 6.07) is 17.9. The normalized spacial score (nSPS) is 9.21. The Kier molecular flexibility index (Phi) is 3.99. The van der Waals surface area contributed by atoms with Crippen LogP contribution in [0.2, 0.25) is 0 Å². The van der Waals surface area contributed by atoms with Crippen molar-refractivity contribution in [3.8, 4) is 11.1 Å². The third kappa shape index (κ3) is 2.50. The van der Waals surface area contributed by atoms with E-state index in [-0.39, 0.29) is 25.9 Å². The molecule has 0 spiro atoms. The van der Waals surface area contributed by atoms with Gasteiger partial charge in [0.05, 0.1) is 0 Å². The first-order valence-corrected chi connectivity index (χ1v) is 4.00. The van der Waals surface area contributed by atoms with Gasteiger partial charge in [-0.3, -0.25) is 4.39 Å². The Labute approximate surface area is 96.1 Å². The summed E-state index contributed by atoms with van der Waals surface area (Å²) in [6.07, 6.45) is 0. The summed E-state index contributed by atoms with van der Waals surface area (Å²) in [5.74, 6) is -0.264. The molecule has 0 fully saturated rings. The summed E-state index contributed by atoms with van der Waals surface area (Å²) < 4.78 is 12.6. The molecule has 0 aliphatic carbocycles. The maximum Gasteiger partial charge on any atom is 0.0364 e. The van der Waals surface area contributed by atoms with Gasteiger partial charge in [-0.05, 0) is 0 Å². The van der Waals surface area contributed by atoms with Gasteiger partial charge in [-0.1, -0.05) is 0 Å². The van der Waals surface area contributed by atoms with Gasteiger partial charge in [0.2, 0.25) is 0 Å². The zero-order chi connectivity index (χ0) is 9.10. The van der Waals surface area contributed by atoms with Crippen molar-refractivity contribution in [2.24, 2.45) is 0 Å². The predicted molar refractivity (Wildman–Crippen MR) is 49.5 cm³/mol. The van der Waals surface area contributed by atoms with Crippen LogP contribution in [-0.2, 0) is 20.1 Å². The third-order valence-corrected chi connectivity index (χ3v) is 1.77. The van der Waals surface area contributed by atoms with Gasteiger partial charge in [0.25, 0.3) is 0 Å². The van der Waals surface area contributed by atoms with Crippen LogP contribution in [0.15, 0.2) is 42.5 Å². The van der Waals surface area contributed by atoms with Crippen molar-refractivity contribution in [1.29, 1.82) is 0 Å². The largest absolute Gasteiger partial charge is 0.265 e. The van der Waals surface area contributed by atoms with E-state index in [0.717, 1.165) is 11.1 Å². The minimum Gasteiger partial charge on any atom is -0.265 e. The van der Waals surface area contributed by atoms with E-state index in [9.17, 15) is 4.39 Å². The fourth-order valence-corrected chi connectivity index (χ4v) is 1.13. The molecule has 0 nitrogen and oxygen atoms in total. The Morgan fingerprint density at radius 1 is 0.929 bits per heavy atom. The summed E-state index contributed by atoms with van der Waals surface area (Å²) in [7, 11) is 0. The molecule has 0 bridgehead atoms. The molecule has 2 aromatic carbocycles. The van der Waals surface area contributed by atoms with Crippen LogP contribution in [0, 0.1) is 17.9 Å². The molecule has 2 aromatic rings. The Hall–Kier alpha value is -0.981. The van der Waals surface area contributed by atoms with Crippen LogP contribution in [0.4, 0.5) is 4.39 Å². The quantitative estimate of drug-likeness (QED) is 0.684. The first-order chi connectivity index (χ1) is 6.36. The molecular formula is C12H7FIr-2. The molecule has 0 N–H and O–H groups in total. The maximum absolute atomic E-state index is 12.6. The maximum atomic E-state index is 12.6. The Balaban J connectivity index is 0.000000980. The van der Waals surface area contributed by atoms with E-state index in [0.29, 0.717) is 0 Å². The summed E-state index contributed by atoms with van der Waals surface area (Å²) in [6.45, 7) is 0. The SMILES string of the molecule is Fc1c[c-]c(-c2[c-]cccc2)cc1.[Ir]. The van der Waals surface area contributed by atoms with E-state index in [2.05, 4.69) is 12.1 Å². The fraction of sp³-hybridized carbons (Fsp3) is 0.